The van der Waals surface area contributed by atoms with Crippen molar-refractivity contribution in [2.75, 3.05) is 13.1 Å². The minimum absolute atomic E-state index is 0.0134. The van der Waals surface area contributed by atoms with E-state index in [-0.39, 0.29) is 11.9 Å². The topological polar surface area (TPSA) is 45.2 Å². The van der Waals surface area contributed by atoms with Gasteiger partial charge in [0.05, 0.1) is 17.3 Å². The Labute approximate surface area is 169 Å². The van der Waals surface area contributed by atoms with E-state index in [2.05, 4.69) is 15.2 Å². The third-order valence-electron chi connectivity index (χ3n) is 5.35. The first-order valence-electron chi connectivity index (χ1n) is 9.90. The smallest absolute Gasteiger partial charge is 0.348 e. The van der Waals surface area contributed by atoms with Crippen molar-refractivity contribution < 1.29 is 18.0 Å². The van der Waals surface area contributed by atoms with Gasteiger partial charge >= 0.3 is 6.18 Å². The maximum atomic E-state index is 12.9. The zero-order valence-electron chi connectivity index (χ0n) is 16.5. The molecule has 1 N–H and O–H groups in total. The number of likely N-dealkylation sites (tertiary alicyclic amines) is 1. The molecule has 3 rings (SSSR count). The average Bonchev–Trinajstić information content (AvgIpc) is 2.69. The zero-order valence-corrected chi connectivity index (χ0v) is 16.5. The van der Waals surface area contributed by atoms with Gasteiger partial charge in [-0.1, -0.05) is 24.3 Å². The third kappa shape index (κ3) is 6.29. The second-order valence-electron chi connectivity index (χ2n) is 7.67. The van der Waals surface area contributed by atoms with E-state index in [9.17, 15) is 18.0 Å². The lowest BCUT2D eigenvalue weighted by atomic mass is 9.92. The molecule has 156 valence electrons. The SMILES string of the molecule is CC(NC(=O)CC1CCN(Cc2cccc(C(F)(F)F)c2)CC1)c1ccccn1. The first kappa shape index (κ1) is 21.3. The monoisotopic (exact) mass is 405 g/mol. The summed E-state index contributed by atoms with van der Waals surface area (Å²) in [5.41, 5.74) is 0.889. The first-order chi connectivity index (χ1) is 13.8. The number of nitrogens with zero attached hydrogens (tertiary/aromatic N) is 2. The van der Waals surface area contributed by atoms with Gasteiger partial charge in [0, 0.05) is 19.2 Å². The summed E-state index contributed by atoms with van der Waals surface area (Å²) in [6.45, 7) is 3.98. The number of benzene rings is 1. The summed E-state index contributed by atoms with van der Waals surface area (Å²) in [5, 5.41) is 2.99. The van der Waals surface area contributed by atoms with Crippen LogP contribution < -0.4 is 5.32 Å². The Morgan fingerprint density at radius 1 is 1.21 bits per heavy atom. The number of carbonyl (C=O) groups is 1. The third-order valence-corrected chi connectivity index (χ3v) is 5.35. The highest BCUT2D eigenvalue weighted by molar-refractivity contribution is 5.76. The molecule has 1 atom stereocenters. The molecule has 1 aliphatic rings. The number of carbonyl (C=O) groups excluding carboxylic acids is 1. The minimum Gasteiger partial charge on any atom is -0.348 e. The van der Waals surface area contributed by atoms with Crippen molar-refractivity contribution in [1.82, 2.24) is 15.2 Å². The standard InChI is InChI=1S/C22H26F3N3O/c1-16(20-7-2-3-10-26-20)27-21(29)14-17-8-11-28(12-9-17)15-18-5-4-6-19(13-18)22(23,24)25/h2-7,10,13,16-17H,8-9,11-12,14-15H2,1H3,(H,27,29). The fourth-order valence-corrected chi connectivity index (χ4v) is 3.72. The highest BCUT2D eigenvalue weighted by atomic mass is 19.4. The number of alkyl halides is 3. The van der Waals surface area contributed by atoms with Crippen LogP contribution in [0, 0.1) is 5.92 Å². The van der Waals surface area contributed by atoms with Crippen LogP contribution >= 0.6 is 0 Å². The van der Waals surface area contributed by atoms with Crippen molar-refractivity contribution in [2.24, 2.45) is 5.92 Å². The summed E-state index contributed by atoms with van der Waals surface area (Å²) in [4.78, 5) is 18.8. The molecule has 0 spiro atoms. The zero-order chi connectivity index (χ0) is 20.9. The summed E-state index contributed by atoms with van der Waals surface area (Å²) >= 11 is 0. The van der Waals surface area contributed by atoms with Gasteiger partial charge in [-0.05, 0) is 62.5 Å². The second kappa shape index (κ2) is 9.39. The van der Waals surface area contributed by atoms with E-state index in [1.165, 1.54) is 12.1 Å². The van der Waals surface area contributed by atoms with Crippen molar-refractivity contribution >= 4 is 5.91 Å². The molecule has 1 aromatic heterocycles. The van der Waals surface area contributed by atoms with E-state index in [4.69, 9.17) is 0 Å². The average molecular weight is 405 g/mol. The summed E-state index contributed by atoms with van der Waals surface area (Å²) in [7, 11) is 0. The summed E-state index contributed by atoms with van der Waals surface area (Å²) in [6.07, 6.45) is -0.413. The van der Waals surface area contributed by atoms with E-state index in [1.54, 1.807) is 12.3 Å². The van der Waals surface area contributed by atoms with Crippen molar-refractivity contribution in [3.05, 3.63) is 65.5 Å². The van der Waals surface area contributed by atoms with Crippen LogP contribution in [-0.4, -0.2) is 28.9 Å². The number of hydrogen-bond acceptors (Lipinski definition) is 3. The fraction of sp³-hybridized carbons (Fsp3) is 0.455. The highest BCUT2D eigenvalue weighted by Crippen LogP contribution is 2.30. The van der Waals surface area contributed by atoms with Gasteiger partial charge in [0.2, 0.25) is 5.91 Å². The Bertz CT molecular complexity index is 802. The normalized spacial score (nSPS) is 17.1. The number of rotatable bonds is 6. The molecule has 1 fully saturated rings. The number of hydrogen-bond donors (Lipinski definition) is 1. The summed E-state index contributed by atoms with van der Waals surface area (Å²) in [6, 6.07) is 11.0. The van der Waals surface area contributed by atoms with Crippen LogP contribution in [0.5, 0.6) is 0 Å². The molecule has 1 aliphatic heterocycles. The number of halogens is 3. The Morgan fingerprint density at radius 2 is 1.97 bits per heavy atom. The van der Waals surface area contributed by atoms with Crippen LogP contribution in [0.1, 0.15) is 49.0 Å². The van der Waals surface area contributed by atoms with Gasteiger partial charge in [-0.3, -0.25) is 14.7 Å². The number of piperidine rings is 1. The largest absolute Gasteiger partial charge is 0.416 e. The fourth-order valence-electron chi connectivity index (χ4n) is 3.72. The van der Waals surface area contributed by atoms with E-state index in [1.807, 2.05) is 25.1 Å². The number of amides is 1. The van der Waals surface area contributed by atoms with Crippen LogP contribution in [0.2, 0.25) is 0 Å². The molecular weight excluding hydrogens is 379 g/mol. The molecule has 2 aromatic rings. The second-order valence-corrected chi connectivity index (χ2v) is 7.67. The molecule has 0 bridgehead atoms. The van der Waals surface area contributed by atoms with Gasteiger partial charge in [-0.15, -0.1) is 0 Å². The van der Waals surface area contributed by atoms with Crippen molar-refractivity contribution in [1.29, 1.82) is 0 Å². The molecule has 7 heteroatoms. The van der Waals surface area contributed by atoms with E-state index < -0.39 is 11.7 Å². The van der Waals surface area contributed by atoms with Gasteiger partial charge < -0.3 is 5.32 Å². The van der Waals surface area contributed by atoms with Crippen LogP contribution in [0.4, 0.5) is 13.2 Å². The van der Waals surface area contributed by atoms with Crippen molar-refractivity contribution in [3.63, 3.8) is 0 Å². The lowest BCUT2D eigenvalue weighted by Gasteiger charge is -2.32. The molecule has 0 aliphatic carbocycles. The molecule has 1 saturated heterocycles. The van der Waals surface area contributed by atoms with Crippen molar-refractivity contribution in [3.8, 4) is 0 Å². The summed E-state index contributed by atoms with van der Waals surface area (Å²) < 4.78 is 38.6. The highest BCUT2D eigenvalue weighted by Gasteiger charge is 2.30. The van der Waals surface area contributed by atoms with E-state index in [0.29, 0.717) is 24.4 Å². The van der Waals surface area contributed by atoms with Gasteiger partial charge in [0.1, 0.15) is 0 Å². The molecule has 1 unspecified atom stereocenters. The predicted molar refractivity (Wildman–Crippen MR) is 105 cm³/mol. The van der Waals surface area contributed by atoms with Gasteiger partial charge in [0.25, 0.3) is 0 Å². The molecule has 0 saturated carbocycles. The van der Waals surface area contributed by atoms with Crippen LogP contribution in [0.15, 0.2) is 48.7 Å². The van der Waals surface area contributed by atoms with Crippen molar-refractivity contribution in [2.45, 2.75) is 44.9 Å². The number of pyridine rings is 1. The van der Waals surface area contributed by atoms with E-state index in [0.717, 1.165) is 37.7 Å². The van der Waals surface area contributed by atoms with Crippen LogP contribution in [0.25, 0.3) is 0 Å². The maximum Gasteiger partial charge on any atom is 0.416 e. The van der Waals surface area contributed by atoms with Gasteiger partial charge in [0.15, 0.2) is 0 Å². The molecular formula is C22H26F3N3O. The lowest BCUT2D eigenvalue weighted by Crippen LogP contribution is -2.36. The number of nitrogens with one attached hydrogen (secondary N) is 1. The molecule has 2 heterocycles. The van der Waals surface area contributed by atoms with E-state index >= 15 is 0 Å². The molecule has 0 radical (unpaired) electrons. The first-order valence-corrected chi connectivity index (χ1v) is 9.90. The quantitative estimate of drug-likeness (QED) is 0.765. The number of aromatic nitrogens is 1. The predicted octanol–water partition coefficient (Wildman–Crippen LogP) is 4.58. The Kier molecular flexibility index (Phi) is 6.90. The molecule has 29 heavy (non-hydrogen) atoms. The van der Waals surface area contributed by atoms with Gasteiger partial charge in [-0.25, -0.2) is 0 Å². The summed E-state index contributed by atoms with van der Waals surface area (Å²) in [5.74, 6) is 0.308. The lowest BCUT2D eigenvalue weighted by molar-refractivity contribution is -0.137. The van der Waals surface area contributed by atoms with Crippen LogP contribution in [0.3, 0.4) is 0 Å². The Hall–Kier alpha value is -2.41. The minimum atomic E-state index is -4.32. The molecule has 4 nitrogen and oxygen atoms in total. The van der Waals surface area contributed by atoms with Gasteiger partial charge in [-0.2, -0.15) is 13.2 Å². The molecule has 1 aromatic carbocycles. The van der Waals surface area contributed by atoms with Crippen LogP contribution in [-0.2, 0) is 17.5 Å². The molecule has 1 amide bonds. The Balaban J connectivity index is 1.44. The maximum absolute atomic E-state index is 12.9. The Morgan fingerprint density at radius 3 is 2.62 bits per heavy atom.